The van der Waals surface area contributed by atoms with E-state index >= 15 is 0 Å². The van der Waals surface area contributed by atoms with Crippen LogP contribution in [0, 0.1) is 5.92 Å². The van der Waals surface area contributed by atoms with Crippen molar-refractivity contribution >= 4 is 37.7 Å². The second-order valence-electron chi connectivity index (χ2n) is 5.23. The van der Waals surface area contributed by atoms with Gasteiger partial charge in [0.1, 0.15) is 5.82 Å². The number of anilines is 1. The molecular formula is C13H18Br2N2O. The molecule has 0 atom stereocenters. The van der Waals surface area contributed by atoms with Gasteiger partial charge in [-0.25, -0.2) is 4.98 Å². The zero-order valence-electron chi connectivity index (χ0n) is 10.4. The number of hydrogen-bond acceptors (Lipinski definition) is 3. The van der Waals surface area contributed by atoms with Gasteiger partial charge in [0, 0.05) is 10.7 Å². The topological polar surface area (TPSA) is 45.1 Å². The van der Waals surface area contributed by atoms with Crippen LogP contribution in [0.2, 0.25) is 0 Å². The summed E-state index contributed by atoms with van der Waals surface area (Å²) < 4.78 is 1.86. The Balaban J connectivity index is 2.15. The predicted molar refractivity (Wildman–Crippen MR) is 80.7 cm³/mol. The third kappa shape index (κ3) is 3.25. The van der Waals surface area contributed by atoms with E-state index in [0.717, 1.165) is 46.4 Å². The summed E-state index contributed by atoms with van der Waals surface area (Å²) in [6.45, 7) is 2.43. The molecular weight excluding hydrogens is 360 g/mol. The Morgan fingerprint density at radius 2 is 2.11 bits per heavy atom. The fourth-order valence-corrected chi connectivity index (χ4v) is 3.48. The van der Waals surface area contributed by atoms with Crippen molar-refractivity contribution < 1.29 is 5.11 Å². The second-order valence-corrected chi connectivity index (χ2v) is 7.00. The Bertz CT molecular complexity index is 417. The van der Waals surface area contributed by atoms with Crippen LogP contribution in [0.25, 0.3) is 0 Å². The summed E-state index contributed by atoms with van der Waals surface area (Å²) >= 11 is 6.89. The Labute approximate surface area is 125 Å². The largest absolute Gasteiger partial charge is 0.394 e. The molecule has 3 nitrogen and oxygen atoms in total. The lowest BCUT2D eigenvalue weighted by atomic mass is 9.77. The molecule has 1 aliphatic carbocycles. The maximum Gasteiger partial charge on any atom is 0.140 e. The van der Waals surface area contributed by atoms with Gasteiger partial charge in [0.2, 0.25) is 0 Å². The minimum absolute atomic E-state index is 0.157. The molecule has 2 N–H and O–H groups in total. The van der Waals surface area contributed by atoms with Crippen molar-refractivity contribution in [2.24, 2.45) is 5.92 Å². The van der Waals surface area contributed by atoms with Crippen molar-refractivity contribution in [3.05, 3.63) is 21.2 Å². The molecule has 0 spiro atoms. The van der Waals surface area contributed by atoms with Crippen molar-refractivity contribution in [2.45, 2.75) is 38.1 Å². The molecule has 0 amide bonds. The van der Waals surface area contributed by atoms with Crippen LogP contribution in [0.5, 0.6) is 0 Å². The predicted octanol–water partition coefficient (Wildman–Crippen LogP) is 3.96. The number of rotatable bonds is 3. The van der Waals surface area contributed by atoms with Gasteiger partial charge < -0.3 is 10.4 Å². The van der Waals surface area contributed by atoms with Gasteiger partial charge in [-0.1, -0.05) is 6.92 Å². The van der Waals surface area contributed by atoms with Crippen molar-refractivity contribution in [1.29, 1.82) is 0 Å². The van der Waals surface area contributed by atoms with Gasteiger partial charge in [-0.05, 0) is 69.5 Å². The second kappa shape index (κ2) is 5.88. The molecule has 2 rings (SSSR count). The first kappa shape index (κ1) is 14.3. The highest BCUT2D eigenvalue weighted by Gasteiger charge is 2.34. The number of pyridine rings is 1. The molecule has 5 heteroatoms. The van der Waals surface area contributed by atoms with E-state index in [2.05, 4.69) is 49.1 Å². The quantitative estimate of drug-likeness (QED) is 0.837. The van der Waals surface area contributed by atoms with Crippen LogP contribution >= 0.6 is 31.9 Å². The molecule has 0 radical (unpaired) electrons. The molecule has 0 unspecified atom stereocenters. The third-order valence-corrected chi connectivity index (χ3v) is 4.76. The van der Waals surface area contributed by atoms with Crippen molar-refractivity contribution in [3.63, 3.8) is 0 Å². The number of nitrogens with one attached hydrogen (secondary N) is 1. The summed E-state index contributed by atoms with van der Waals surface area (Å²) in [6, 6.07) is 1.96. The normalized spacial score (nSPS) is 28.1. The Morgan fingerprint density at radius 1 is 1.44 bits per heavy atom. The Kier molecular flexibility index (Phi) is 4.67. The summed E-state index contributed by atoms with van der Waals surface area (Å²) in [5.74, 6) is 1.56. The highest BCUT2D eigenvalue weighted by atomic mass is 79.9. The van der Waals surface area contributed by atoms with Crippen LogP contribution in [-0.2, 0) is 0 Å². The molecule has 0 aromatic carbocycles. The van der Waals surface area contributed by atoms with E-state index in [1.165, 1.54) is 0 Å². The lowest BCUT2D eigenvalue weighted by molar-refractivity contribution is 0.155. The SMILES string of the molecule is CC1CCC(CO)(Nc2ncc(Br)cc2Br)CC1. The van der Waals surface area contributed by atoms with Gasteiger partial charge in [0.05, 0.1) is 16.6 Å². The number of halogens is 2. The lowest BCUT2D eigenvalue weighted by Gasteiger charge is -2.39. The molecule has 0 aliphatic heterocycles. The standard InChI is InChI=1S/C13H18Br2N2O/c1-9-2-4-13(8-18,5-3-9)17-12-11(15)6-10(14)7-16-12/h6-7,9,18H,2-5,8H2,1H3,(H,16,17). The van der Waals surface area contributed by atoms with Crippen LogP contribution in [0.4, 0.5) is 5.82 Å². The van der Waals surface area contributed by atoms with Crippen LogP contribution in [0.3, 0.4) is 0 Å². The van der Waals surface area contributed by atoms with E-state index in [1.807, 2.05) is 6.07 Å². The van der Waals surface area contributed by atoms with Crippen molar-refractivity contribution in [2.75, 3.05) is 11.9 Å². The van der Waals surface area contributed by atoms with Crippen LogP contribution in [-0.4, -0.2) is 22.2 Å². The number of aromatic nitrogens is 1. The van der Waals surface area contributed by atoms with E-state index in [4.69, 9.17) is 0 Å². The maximum atomic E-state index is 9.72. The van der Waals surface area contributed by atoms with E-state index in [-0.39, 0.29) is 12.1 Å². The van der Waals surface area contributed by atoms with Gasteiger partial charge in [-0.3, -0.25) is 0 Å². The minimum Gasteiger partial charge on any atom is -0.394 e. The van der Waals surface area contributed by atoms with Gasteiger partial charge in [0.15, 0.2) is 0 Å². The fourth-order valence-electron chi connectivity index (χ4n) is 2.40. The zero-order valence-corrected chi connectivity index (χ0v) is 13.6. The molecule has 1 saturated carbocycles. The smallest absolute Gasteiger partial charge is 0.140 e. The molecule has 1 aliphatic rings. The molecule has 0 bridgehead atoms. The first-order valence-corrected chi connectivity index (χ1v) is 7.83. The van der Waals surface area contributed by atoms with E-state index in [9.17, 15) is 5.11 Å². The van der Waals surface area contributed by atoms with Crippen LogP contribution < -0.4 is 5.32 Å². The molecule has 100 valence electrons. The summed E-state index contributed by atoms with van der Waals surface area (Å²) in [5, 5.41) is 13.2. The molecule has 18 heavy (non-hydrogen) atoms. The first-order chi connectivity index (χ1) is 8.54. The van der Waals surface area contributed by atoms with Crippen molar-refractivity contribution in [1.82, 2.24) is 4.98 Å². The molecule has 1 aromatic heterocycles. The van der Waals surface area contributed by atoms with Gasteiger partial charge in [-0.2, -0.15) is 0 Å². The lowest BCUT2D eigenvalue weighted by Crippen LogP contribution is -2.45. The third-order valence-electron chi connectivity index (χ3n) is 3.73. The van der Waals surface area contributed by atoms with Crippen LogP contribution in [0.1, 0.15) is 32.6 Å². The van der Waals surface area contributed by atoms with Gasteiger partial charge in [-0.15, -0.1) is 0 Å². The van der Waals surface area contributed by atoms with E-state index in [0.29, 0.717) is 0 Å². The number of nitrogens with zero attached hydrogens (tertiary/aromatic N) is 1. The summed E-state index contributed by atoms with van der Waals surface area (Å²) in [7, 11) is 0. The number of hydrogen-bond donors (Lipinski definition) is 2. The molecule has 1 heterocycles. The summed E-state index contributed by atoms with van der Waals surface area (Å²) in [6.07, 6.45) is 6.07. The minimum atomic E-state index is -0.212. The average molecular weight is 378 g/mol. The monoisotopic (exact) mass is 376 g/mol. The number of aliphatic hydroxyl groups excluding tert-OH is 1. The van der Waals surface area contributed by atoms with Crippen LogP contribution in [0.15, 0.2) is 21.2 Å². The highest BCUT2D eigenvalue weighted by molar-refractivity contribution is 9.11. The van der Waals surface area contributed by atoms with Gasteiger partial charge >= 0.3 is 0 Å². The van der Waals surface area contributed by atoms with E-state index < -0.39 is 0 Å². The van der Waals surface area contributed by atoms with Gasteiger partial charge in [0.25, 0.3) is 0 Å². The first-order valence-electron chi connectivity index (χ1n) is 6.25. The number of aliphatic hydroxyl groups is 1. The average Bonchev–Trinajstić information content (AvgIpc) is 2.36. The van der Waals surface area contributed by atoms with E-state index in [1.54, 1.807) is 6.20 Å². The molecule has 1 fully saturated rings. The Morgan fingerprint density at radius 3 is 2.67 bits per heavy atom. The molecule has 1 aromatic rings. The highest BCUT2D eigenvalue weighted by Crippen LogP contribution is 2.35. The summed E-state index contributed by atoms with van der Waals surface area (Å²) in [4.78, 5) is 4.37. The maximum absolute atomic E-state index is 9.72. The Hall–Kier alpha value is -0.130. The summed E-state index contributed by atoms with van der Waals surface area (Å²) in [5.41, 5.74) is -0.212. The fraction of sp³-hybridized carbons (Fsp3) is 0.615. The van der Waals surface area contributed by atoms with Crippen molar-refractivity contribution in [3.8, 4) is 0 Å². The molecule has 0 saturated heterocycles. The zero-order chi connectivity index (χ0) is 13.2.